The van der Waals surface area contributed by atoms with Crippen molar-refractivity contribution in [2.24, 2.45) is 0 Å². The normalized spacial score (nSPS) is 11.3. The zero-order valence-corrected chi connectivity index (χ0v) is 17.3. The monoisotopic (exact) mass is 388 g/mol. The van der Waals surface area contributed by atoms with Crippen LogP contribution in [0.5, 0.6) is 0 Å². The van der Waals surface area contributed by atoms with Gasteiger partial charge in [0.15, 0.2) is 0 Å². The third kappa shape index (κ3) is 5.57. The van der Waals surface area contributed by atoms with Crippen molar-refractivity contribution in [2.75, 3.05) is 17.8 Å². The van der Waals surface area contributed by atoms with Crippen LogP contribution >= 0.6 is 0 Å². The van der Waals surface area contributed by atoms with Gasteiger partial charge in [-0.2, -0.15) is 0 Å². The number of hydrogen-bond donors (Lipinski definition) is 1. The number of amides is 1. The minimum absolute atomic E-state index is 0.0838. The van der Waals surface area contributed by atoms with Crippen LogP contribution in [0.3, 0.4) is 0 Å². The molecule has 0 spiro atoms. The van der Waals surface area contributed by atoms with Gasteiger partial charge in [-0.05, 0) is 68.1 Å². The summed E-state index contributed by atoms with van der Waals surface area (Å²) in [6.45, 7) is 9.18. The molecule has 146 valence electrons. The summed E-state index contributed by atoms with van der Waals surface area (Å²) < 4.78 is 28.2. The lowest BCUT2D eigenvalue weighted by Crippen LogP contribution is -2.32. The molecule has 5 nitrogen and oxygen atoms in total. The van der Waals surface area contributed by atoms with Crippen LogP contribution in [0.25, 0.3) is 0 Å². The Labute approximate surface area is 162 Å². The van der Waals surface area contributed by atoms with Gasteiger partial charge in [0, 0.05) is 24.3 Å². The summed E-state index contributed by atoms with van der Waals surface area (Å²) >= 11 is 0. The molecule has 0 saturated heterocycles. The van der Waals surface area contributed by atoms with Crippen LogP contribution in [0.2, 0.25) is 0 Å². The van der Waals surface area contributed by atoms with E-state index in [4.69, 9.17) is 0 Å². The SMILES string of the molecule is CCCN(CCC)C(=O)c1cccc(S(=O)(=O)Nc2cc(C)cc(C)c2)c1. The smallest absolute Gasteiger partial charge is 0.261 e. The maximum atomic E-state index is 12.8. The zero-order chi connectivity index (χ0) is 20.0. The molecule has 1 amide bonds. The van der Waals surface area contributed by atoms with Crippen molar-refractivity contribution in [3.8, 4) is 0 Å². The first kappa shape index (κ1) is 21.0. The van der Waals surface area contributed by atoms with Gasteiger partial charge >= 0.3 is 0 Å². The average molecular weight is 389 g/mol. The molecule has 27 heavy (non-hydrogen) atoms. The highest BCUT2D eigenvalue weighted by Gasteiger charge is 2.19. The number of nitrogens with one attached hydrogen (secondary N) is 1. The highest BCUT2D eigenvalue weighted by Crippen LogP contribution is 2.20. The maximum Gasteiger partial charge on any atom is 0.261 e. The molecule has 2 aromatic carbocycles. The van der Waals surface area contributed by atoms with Gasteiger partial charge in [0.2, 0.25) is 0 Å². The van der Waals surface area contributed by atoms with Crippen molar-refractivity contribution >= 4 is 21.6 Å². The topological polar surface area (TPSA) is 66.5 Å². The van der Waals surface area contributed by atoms with E-state index in [0.717, 1.165) is 24.0 Å². The Hall–Kier alpha value is -2.34. The second-order valence-corrected chi connectivity index (χ2v) is 8.48. The third-order valence-corrected chi connectivity index (χ3v) is 5.52. The Morgan fingerprint density at radius 3 is 2.11 bits per heavy atom. The maximum absolute atomic E-state index is 12.8. The summed E-state index contributed by atoms with van der Waals surface area (Å²) in [6.07, 6.45) is 1.72. The van der Waals surface area contributed by atoms with E-state index in [9.17, 15) is 13.2 Å². The summed E-state index contributed by atoms with van der Waals surface area (Å²) in [4.78, 5) is 14.6. The molecule has 0 bridgehead atoms. The first-order valence-corrected chi connectivity index (χ1v) is 10.8. The number of benzene rings is 2. The van der Waals surface area contributed by atoms with Crippen molar-refractivity contribution in [1.82, 2.24) is 4.90 Å². The highest BCUT2D eigenvalue weighted by molar-refractivity contribution is 7.92. The molecule has 0 fully saturated rings. The van der Waals surface area contributed by atoms with Crippen molar-refractivity contribution in [1.29, 1.82) is 0 Å². The molecule has 0 aliphatic heterocycles. The molecule has 0 saturated carbocycles. The number of rotatable bonds is 8. The van der Waals surface area contributed by atoms with Gasteiger partial charge in [-0.15, -0.1) is 0 Å². The van der Waals surface area contributed by atoms with E-state index in [2.05, 4.69) is 4.72 Å². The highest BCUT2D eigenvalue weighted by atomic mass is 32.2. The van der Waals surface area contributed by atoms with Crippen LogP contribution < -0.4 is 4.72 Å². The molecule has 1 N–H and O–H groups in total. The number of carbonyl (C=O) groups excluding carboxylic acids is 1. The predicted molar refractivity (Wildman–Crippen MR) is 110 cm³/mol. The quantitative estimate of drug-likeness (QED) is 0.730. The van der Waals surface area contributed by atoms with E-state index in [-0.39, 0.29) is 10.8 Å². The molecule has 6 heteroatoms. The van der Waals surface area contributed by atoms with Gasteiger partial charge < -0.3 is 4.90 Å². The number of carbonyl (C=O) groups is 1. The lowest BCUT2D eigenvalue weighted by molar-refractivity contribution is 0.0755. The minimum Gasteiger partial charge on any atom is -0.339 e. The Balaban J connectivity index is 2.30. The summed E-state index contributed by atoms with van der Waals surface area (Å²) in [5.74, 6) is -0.137. The van der Waals surface area contributed by atoms with Crippen LogP contribution in [0.1, 0.15) is 48.2 Å². The Kier molecular flexibility index (Phi) is 7.02. The molecule has 0 aliphatic carbocycles. The molecule has 0 radical (unpaired) electrons. The third-order valence-electron chi connectivity index (χ3n) is 4.14. The molecular formula is C21H28N2O3S. The fourth-order valence-electron chi connectivity index (χ4n) is 3.08. The number of aryl methyl sites for hydroxylation is 2. The fraction of sp³-hybridized carbons (Fsp3) is 0.381. The molecule has 2 rings (SSSR count). The summed E-state index contributed by atoms with van der Waals surface area (Å²) in [6, 6.07) is 11.8. The second kappa shape index (κ2) is 9.04. The van der Waals surface area contributed by atoms with E-state index in [1.54, 1.807) is 29.2 Å². The summed E-state index contributed by atoms with van der Waals surface area (Å²) in [5.41, 5.74) is 2.86. The minimum atomic E-state index is -3.77. The van der Waals surface area contributed by atoms with E-state index >= 15 is 0 Å². The molecule has 0 unspecified atom stereocenters. The predicted octanol–water partition coefficient (Wildman–Crippen LogP) is 4.37. The molecule has 0 atom stereocenters. The van der Waals surface area contributed by atoms with E-state index < -0.39 is 10.0 Å². The molecule has 2 aromatic rings. The van der Waals surface area contributed by atoms with E-state index in [1.165, 1.54) is 12.1 Å². The van der Waals surface area contributed by atoms with Crippen molar-refractivity contribution in [3.05, 3.63) is 59.2 Å². The van der Waals surface area contributed by atoms with Crippen molar-refractivity contribution in [2.45, 2.75) is 45.4 Å². The number of hydrogen-bond acceptors (Lipinski definition) is 3. The number of sulfonamides is 1. The number of nitrogens with zero attached hydrogens (tertiary/aromatic N) is 1. The van der Waals surface area contributed by atoms with Gasteiger partial charge in [0.25, 0.3) is 15.9 Å². The van der Waals surface area contributed by atoms with Crippen LogP contribution in [-0.2, 0) is 10.0 Å². The van der Waals surface area contributed by atoms with Crippen LogP contribution in [0.4, 0.5) is 5.69 Å². The lowest BCUT2D eigenvalue weighted by atomic mass is 10.1. The largest absolute Gasteiger partial charge is 0.339 e. The molecular weight excluding hydrogens is 360 g/mol. The Morgan fingerprint density at radius 2 is 1.56 bits per heavy atom. The summed E-state index contributed by atoms with van der Waals surface area (Å²) in [5, 5.41) is 0. The van der Waals surface area contributed by atoms with Gasteiger partial charge in [0.05, 0.1) is 4.90 Å². The zero-order valence-electron chi connectivity index (χ0n) is 16.5. The molecule has 0 aromatic heterocycles. The molecule has 0 aliphatic rings. The Bertz CT molecular complexity index is 881. The second-order valence-electron chi connectivity index (χ2n) is 6.80. The number of anilines is 1. The first-order chi connectivity index (χ1) is 12.8. The summed E-state index contributed by atoms with van der Waals surface area (Å²) in [7, 11) is -3.77. The standard InChI is InChI=1S/C21H28N2O3S/c1-5-10-23(11-6-2)21(24)18-8-7-9-20(15-18)27(25,26)22-19-13-16(3)12-17(4)14-19/h7-9,12-15,22H,5-6,10-11H2,1-4H3. The van der Waals surface area contributed by atoms with Gasteiger partial charge in [-0.3, -0.25) is 9.52 Å². The first-order valence-electron chi connectivity index (χ1n) is 9.27. The van der Waals surface area contributed by atoms with Crippen molar-refractivity contribution in [3.63, 3.8) is 0 Å². The van der Waals surface area contributed by atoms with Crippen LogP contribution in [-0.4, -0.2) is 32.3 Å². The average Bonchev–Trinajstić information content (AvgIpc) is 2.60. The van der Waals surface area contributed by atoms with Gasteiger partial charge in [0.1, 0.15) is 0 Å². The van der Waals surface area contributed by atoms with E-state index in [1.807, 2.05) is 33.8 Å². The fourth-order valence-corrected chi connectivity index (χ4v) is 4.17. The van der Waals surface area contributed by atoms with Gasteiger partial charge in [-0.25, -0.2) is 8.42 Å². The van der Waals surface area contributed by atoms with Crippen LogP contribution in [0.15, 0.2) is 47.4 Å². The molecule has 0 heterocycles. The van der Waals surface area contributed by atoms with E-state index in [0.29, 0.717) is 24.3 Å². The van der Waals surface area contributed by atoms with Crippen molar-refractivity contribution < 1.29 is 13.2 Å². The lowest BCUT2D eigenvalue weighted by Gasteiger charge is -2.21. The van der Waals surface area contributed by atoms with Crippen LogP contribution in [0, 0.1) is 13.8 Å². The Morgan fingerprint density at radius 1 is 0.963 bits per heavy atom. The van der Waals surface area contributed by atoms with Gasteiger partial charge in [-0.1, -0.05) is 26.0 Å².